The number of hydrogen-bond donors (Lipinski definition) is 2. The number of carboxylic acid groups (broad SMARTS) is 1. The van der Waals surface area contributed by atoms with Crippen LogP contribution in [0.1, 0.15) is 32.6 Å². The minimum Gasteiger partial charge on any atom is -0.489 e. The van der Waals surface area contributed by atoms with E-state index in [2.05, 4.69) is 4.57 Å². The van der Waals surface area contributed by atoms with E-state index < -0.39 is 5.97 Å². The number of aromatic carboxylic acids is 1. The number of carboxylic acids is 1. The van der Waals surface area contributed by atoms with Gasteiger partial charge in [0.25, 0.3) is 0 Å². The molecule has 1 aromatic heterocycles. The van der Waals surface area contributed by atoms with E-state index in [1.165, 1.54) is 12.1 Å². The molecule has 0 bridgehead atoms. The summed E-state index contributed by atoms with van der Waals surface area (Å²) in [6.07, 6.45) is 2.74. The second kappa shape index (κ2) is 9.77. The Bertz CT molecular complexity index is 1400. The Kier molecular flexibility index (Phi) is 6.39. The van der Waals surface area contributed by atoms with Gasteiger partial charge >= 0.3 is 5.97 Å². The topological polar surface area (TPSA) is 95.9 Å². The molecule has 1 aliphatic heterocycles. The highest BCUT2D eigenvalue weighted by Crippen LogP contribution is 2.32. The van der Waals surface area contributed by atoms with Gasteiger partial charge in [-0.2, -0.15) is 0 Å². The third kappa shape index (κ3) is 4.84. The van der Waals surface area contributed by atoms with Crippen LogP contribution in [-0.2, 0) is 30.9 Å². The summed E-state index contributed by atoms with van der Waals surface area (Å²) in [4.78, 5) is 11.3. The molecule has 0 fully saturated rings. The van der Waals surface area contributed by atoms with Gasteiger partial charge in [-0.1, -0.05) is 12.1 Å². The average Bonchev–Trinajstić information content (AvgIpc) is 3.19. The van der Waals surface area contributed by atoms with Crippen molar-refractivity contribution in [1.82, 2.24) is 4.57 Å². The van der Waals surface area contributed by atoms with Gasteiger partial charge in [-0.25, -0.2) is 9.18 Å². The molecule has 3 aromatic carbocycles. The lowest BCUT2D eigenvalue weighted by atomic mass is 10.1. The summed E-state index contributed by atoms with van der Waals surface area (Å²) in [5.74, 6) is -0.0581. The Hall–Kier alpha value is -3.88. The van der Waals surface area contributed by atoms with E-state index in [9.17, 15) is 14.3 Å². The molecule has 5 rings (SSSR count). The first-order valence-corrected chi connectivity index (χ1v) is 11.3. The van der Waals surface area contributed by atoms with Gasteiger partial charge < -0.3 is 29.6 Å². The van der Waals surface area contributed by atoms with E-state index in [4.69, 9.17) is 19.9 Å². The molecule has 0 radical (unpaired) electrons. The van der Waals surface area contributed by atoms with Crippen molar-refractivity contribution in [3.63, 3.8) is 0 Å². The molecule has 0 atom stereocenters. The van der Waals surface area contributed by atoms with E-state index in [-0.39, 0.29) is 24.8 Å². The number of hydrogen-bond acceptors (Lipinski definition) is 5. The molecule has 0 unspecified atom stereocenters. The first-order chi connectivity index (χ1) is 17.0. The normalized spacial score (nSPS) is 12.9. The molecular formula is C27H25FN2O5. The zero-order chi connectivity index (χ0) is 24.4. The largest absolute Gasteiger partial charge is 0.489 e. The molecule has 3 N–H and O–H groups in total. The molecule has 7 nitrogen and oxygen atoms in total. The number of ether oxygens (including phenoxy) is 3. The molecule has 0 spiro atoms. The molecule has 0 amide bonds. The first-order valence-electron chi connectivity index (χ1n) is 11.3. The van der Waals surface area contributed by atoms with Crippen molar-refractivity contribution in [3.8, 4) is 11.5 Å². The number of rotatable bonds is 8. The minimum atomic E-state index is -0.952. The van der Waals surface area contributed by atoms with Gasteiger partial charge in [0, 0.05) is 34.8 Å². The van der Waals surface area contributed by atoms with Crippen LogP contribution < -0.4 is 15.2 Å². The van der Waals surface area contributed by atoms with Crippen LogP contribution in [0.15, 0.2) is 60.8 Å². The summed E-state index contributed by atoms with van der Waals surface area (Å²) in [5.41, 5.74) is 10.4. The van der Waals surface area contributed by atoms with Crippen molar-refractivity contribution < 1.29 is 28.5 Å². The third-order valence-electron chi connectivity index (χ3n) is 6.02. The van der Waals surface area contributed by atoms with Crippen LogP contribution in [0.5, 0.6) is 11.5 Å². The molecule has 0 aliphatic carbocycles. The molecule has 180 valence electrons. The highest BCUT2D eigenvalue weighted by Gasteiger charge is 2.18. The summed E-state index contributed by atoms with van der Waals surface area (Å²) in [6, 6.07) is 15.6. The number of benzene rings is 3. The number of aromatic nitrogens is 1. The van der Waals surface area contributed by atoms with Crippen molar-refractivity contribution >= 4 is 16.9 Å². The number of carbonyl (C=O) groups is 1. The fourth-order valence-electron chi connectivity index (χ4n) is 4.45. The van der Waals surface area contributed by atoms with Gasteiger partial charge in [-0.15, -0.1) is 0 Å². The van der Waals surface area contributed by atoms with Crippen LogP contribution in [0.25, 0.3) is 10.9 Å². The standard InChI is InChI=1S/C27H25FN2O5/c28-22-9-20-14-33-16-35-26(20)21(10-22)15-34-23-4-5-25-24(11-23)19(6-7-29)13-30(25)12-17-2-1-3-18(8-17)27(31)32/h1-5,8-11,13H,6-7,12,14-16,29H2,(H,31,32). The van der Waals surface area contributed by atoms with Crippen LogP contribution in [0.4, 0.5) is 4.39 Å². The second-order valence-electron chi connectivity index (χ2n) is 8.46. The van der Waals surface area contributed by atoms with Gasteiger partial charge in [0.1, 0.15) is 23.9 Å². The number of fused-ring (bicyclic) bond motifs is 2. The minimum absolute atomic E-state index is 0.128. The predicted molar refractivity (Wildman–Crippen MR) is 128 cm³/mol. The summed E-state index contributed by atoms with van der Waals surface area (Å²) in [6.45, 7) is 1.60. The monoisotopic (exact) mass is 476 g/mol. The van der Waals surface area contributed by atoms with Crippen LogP contribution >= 0.6 is 0 Å². The maximum atomic E-state index is 14.1. The van der Waals surface area contributed by atoms with Gasteiger partial charge in [0.05, 0.1) is 12.2 Å². The van der Waals surface area contributed by atoms with Crippen molar-refractivity contribution in [1.29, 1.82) is 0 Å². The Morgan fingerprint density at radius 1 is 1.14 bits per heavy atom. The van der Waals surface area contributed by atoms with Gasteiger partial charge in [-0.05, 0) is 66.6 Å². The summed E-state index contributed by atoms with van der Waals surface area (Å²) in [7, 11) is 0. The van der Waals surface area contributed by atoms with E-state index in [1.54, 1.807) is 18.2 Å². The van der Waals surface area contributed by atoms with Crippen molar-refractivity contribution in [2.75, 3.05) is 13.3 Å². The Morgan fingerprint density at radius 2 is 2.03 bits per heavy atom. The first kappa shape index (κ1) is 22.9. The molecule has 1 aliphatic rings. The Balaban J connectivity index is 1.42. The van der Waals surface area contributed by atoms with Gasteiger partial charge in [0.2, 0.25) is 0 Å². The molecular weight excluding hydrogens is 451 g/mol. The van der Waals surface area contributed by atoms with Crippen LogP contribution in [0, 0.1) is 5.82 Å². The Labute approximate surface area is 201 Å². The fourth-order valence-corrected chi connectivity index (χ4v) is 4.45. The zero-order valence-electron chi connectivity index (χ0n) is 19.0. The number of nitrogens with zero attached hydrogens (tertiary/aromatic N) is 1. The highest BCUT2D eigenvalue weighted by atomic mass is 19.1. The molecule has 0 saturated heterocycles. The summed E-state index contributed by atoms with van der Waals surface area (Å²) in [5, 5.41) is 10.3. The van der Waals surface area contributed by atoms with E-state index in [1.807, 2.05) is 30.5 Å². The lowest BCUT2D eigenvalue weighted by Crippen LogP contribution is -2.14. The summed E-state index contributed by atoms with van der Waals surface area (Å²) >= 11 is 0. The van der Waals surface area contributed by atoms with E-state index >= 15 is 0 Å². The zero-order valence-corrected chi connectivity index (χ0v) is 19.0. The van der Waals surface area contributed by atoms with E-state index in [0.717, 1.165) is 22.0 Å². The molecule has 2 heterocycles. The fraction of sp³-hybridized carbons (Fsp3) is 0.222. The van der Waals surface area contributed by atoms with Crippen LogP contribution in [0.3, 0.4) is 0 Å². The third-order valence-corrected chi connectivity index (χ3v) is 6.02. The maximum absolute atomic E-state index is 14.1. The highest BCUT2D eigenvalue weighted by molar-refractivity contribution is 5.88. The molecule has 35 heavy (non-hydrogen) atoms. The lowest BCUT2D eigenvalue weighted by Gasteiger charge is -2.21. The van der Waals surface area contributed by atoms with Crippen LogP contribution in [-0.4, -0.2) is 29.0 Å². The Morgan fingerprint density at radius 3 is 2.86 bits per heavy atom. The van der Waals surface area contributed by atoms with Crippen LogP contribution in [0.2, 0.25) is 0 Å². The quantitative estimate of drug-likeness (QED) is 0.390. The summed E-state index contributed by atoms with van der Waals surface area (Å²) < 4.78 is 33.0. The lowest BCUT2D eigenvalue weighted by molar-refractivity contribution is -0.0178. The smallest absolute Gasteiger partial charge is 0.335 e. The molecule has 0 saturated carbocycles. The SMILES string of the molecule is NCCc1cn(Cc2cccc(C(=O)O)c2)c2ccc(OCc3cc(F)cc4c3OCOC4)cc12. The molecule has 4 aromatic rings. The number of halogens is 1. The van der Waals surface area contributed by atoms with Crippen molar-refractivity contribution in [2.45, 2.75) is 26.2 Å². The van der Waals surface area contributed by atoms with E-state index in [0.29, 0.717) is 48.7 Å². The second-order valence-corrected chi connectivity index (χ2v) is 8.46. The van der Waals surface area contributed by atoms with Crippen molar-refractivity contribution in [3.05, 3.63) is 94.4 Å². The van der Waals surface area contributed by atoms with Gasteiger partial charge in [0.15, 0.2) is 6.79 Å². The van der Waals surface area contributed by atoms with Gasteiger partial charge in [-0.3, -0.25) is 0 Å². The average molecular weight is 477 g/mol. The van der Waals surface area contributed by atoms with Crippen molar-refractivity contribution in [2.24, 2.45) is 5.73 Å². The molecule has 8 heteroatoms. The predicted octanol–water partition coefficient (Wildman–Crippen LogP) is 4.47. The maximum Gasteiger partial charge on any atom is 0.335 e. The number of nitrogens with two attached hydrogens (primary N) is 1.